The number of hydrogen-bond donors (Lipinski definition) is 1. The van der Waals surface area contributed by atoms with Crippen molar-refractivity contribution in [1.29, 1.82) is 0 Å². The third-order valence-corrected chi connectivity index (χ3v) is 4.52. The van der Waals surface area contributed by atoms with Crippen LogP contribution in [0.3, 0.4) is 0 Å². The molecule has 1 unspecified atom stereocenters. The Hall–Kier alpha value is -1.47. The summed E-state index contributed by atoms with van der Waals surface area (Å²) < 4.78 is 2.27. The van der Waals surface area contributed by atoms with Crippen LogP contribution in [-0.2, 0) is 17.8 Å². The minimum atomic E-state index is -0.262. The van der Waals surface area contributed by atoms with Crippen molar-refractivity contribution < 1.29 is 4.79 Å². The number of nitrogens with zero attached hydrogens (tertiary/aromatic N) is 5. The molecule has 3 rings (SSSR count). The van der Waals surface area contributed by atoms with Crippen molar-refractivity contribution in [2.75, 3.05) is 39.8 Å². The smallest absolute Gasteiger partial charge is 0.231 e. The molecular formula is C14H24N6O. The molecule has 21 heavy (non-hydrogen) atoms. The summed E-state index contributed by atoms with van der Waals surface area (Å²) in [5, 5.41) is 8.84. The number of likely N-dealkylation sites (tertiary alicyclic amines) is 1. The molecule has 1 aromatic heterocycles. The number of hydrogen-bond acceptors (Lipinski definition) is 5. The van der Waals surface area contributed by atoms with Crippen molar-refractivity contribution in [2.24, 2.45) is 5.73 Å². The zero-order chi connectivity index (χ0) is 14.8. The lowest BCUT2D eigenvalue weighted by molar-refractivity contribution is -0.119. The number of primary amides is 1. The minimum Gasteiger partial charge on any atom is -0.369 e. The molecule has 0 saturated carbocycles. The number of piperidine rings is 1. The van der Waals surface area contributed by atoms with Crippen LogP contribution in [0.5, 0.6) is 0 Å². The van der Waals surface area contributed by atoms with Crippen LogP contribution < -0.4 is 5.73 Å². The van der Waals surface area contributed by atoms with E-state index in [2.05, 4.69) is 31.6 Å². The zero-order valence-corrected chi connectivity index (χ0v) is 12.7. The highest BCUT2D eigenvalue weighted by atomic mass is 16.1. The summed E-state index contributed by atoms with van der Waals surface area (Å²) >= 11 is 0. The molecule has 7 heteroatoms. The quantitative estimate of drug-likeness (QED) is 0.807. The molecule has 0 bridgehead atoms. The molecule has 7 nitrogen and oxygen atoms in total. The van der Waals surface area contributed by atoms with Crippen LogP contribution in [-0.4, -0.2) is 70.2 Å². The van der Waals surface area contributed by atoms with Gasteiger partial charge in [-0.15, -0.1) is 10.2 Å². The first-order chi connectivity index (χ1) is 10.1. The standard InChI is InChI=1S/C14H24N6O/c1-18-5-2-3-11(9-18)14-17-16-13-4-6-19(10-12(15)21)7-8-20(13)14/h11H,2-10H2,1H3,(H2,15,21). The predicted octanol–water partition coefficient (Wildman–Crippen LogP) is -0.569. The average molecular weight is 292 g/mol. The summed E-state index contributed by atoms with van der Waals surface area (Å²) in [7, 11) is 2.17. The fourth-order valence-corrected chi connectivity index (χ4v) is 3.45. The number of nitrogens with two attached hydrogens (primary N) is 1. The van der Waals surface area contributed by atoms with Crippen LogP contribution in [0.2, 0.25) is 0 Å². The lowest BCUT2D eigenvalue weighted by Gasteiger charge is -2.29. The third kappa shape index (κ3) is 3.24. The fraction of sp³-hybridized carbons (Fsp3) is 0.786. The molecule has 0 radical (unpaired) electrons. The highest BCUT2D eigenvalue weighted by Gasteiger charge is 2.27. The monoisotopic (exact) mass is 292 g/mol. The molecule has 0 spiro atoms. The zero-order valence-electron chi connectivity index (χ0n) is 12.7. The maximum atomic E-state index is 11.1. The molecule has 2 aliphatic heterocycles. The molecule has 1 atom stereocenters. The van der Waals surface area contributed by atoms with E-state index >= 15 is 0 Å². The van der Waals surface area contributed by atoms with E-state index in [1.807, 2.05) is 0 Å². The second kappa shape index (κ2) is 6.11. The van der Waals surface area contributed by atoms with Crippen molar-refractivity contribution >= 4 is 5.91 Å². The van der Waals surface area contributed by atoms with Gasteiger partial charge in [-0.2, -0.15) is 0 Å². The van der Waals surface area contributed by atoms with Gasteiger partial charge in [0.2, 0.25) is 5.91 Å². The lowest BCUT2D eigenvalue weighted by atomic mass is 9.97. The van der Waals surface area contributed by atoms with Gasteiger partial charge in [-0.3, -0.25) is 9.69 Å². The molecule has 2 aliphatic rings. The lowest BCUT2D eigenvalue weighted by Crippen LogP contribution is -2.36. The average Bonchev–Trinajstić information content (AvgIpc) is 2.75. The van der Waals surface area contributed by atoms with Gasteiger partial charge in [0.05, 0.1) is 6.54 Å². The molecule has 1 aromatic rings. The molecule has 2 N–H and O–H groups in total. The summed E-state index contributed by atoms with van der Waals surface area (Å²) in [4.78, 5) is 15.6. The van der Waals surface area contributed by atoms with Crippen LogP contribution in [0, 0.1) is 0 Å². The summed E-state index contributed by atoms with van der Waals surface area (Å²) in [6, 6.07) is 0. The maximum absolute atomic E-state index is 11.1. The SMILES string of the molecule is CN1CCCC(c2nnc3n2CCN(CC(N)=O)CC3)C1. The number of aromatic nitrogens is 3. The van der Waals surface area contributed by atoms with Crippen molar-refractivity contribution in [2.45, 2.75) is 31.7 Å². The second-order valence-corrected chi connectivity index (χ2v) is 6.22. The third-order valence-electron chi connectivity index (χ3n) is 4.52. The van der Waals surface area contributed by atoms with E-state index in [4.69, 9.17) is 5.73 Å². The highest BCUT2D eigenvalue weighted by molar-refractivity contribution is 5.75. The summed E-state index contributed by atoms with van der Waals surface area (Å²) in [6.07, 6.45) is 3.24. The molecular weight excluding hydrogens is 268 g/mol. The van der Waals surface area contributed by atoms with Crippen molar-refractivity contribution in [3.05, 3.63) is 11.6 Å². The van der Waals surface area contributed by atoms with E-state index in [-0.39, 0.29) is 5.91 Å². The van der Waals surface area contributed by atoms with E-state index in [0.29, 0.717) is 12.5 Å². The van der Waals surface area contributed by atoms with Crippen molar-refractivity contribution in [3.8, 4) is 0 Å². The van der Waals surface area contributed by atoms with Gasteiger partial charge in [0.1, 0.15) is 11.6 Å². The normalized spacial score (nSPS) is 24.5. The van der Waals surface area contributed by atoms with Crippen LogP contribution in [0.4, 0.5) is 0 Å². The number of likely N-dealkylation sites (N-methyl/N-ethyl adjacent to an activating group) is 1. The van der Waals surface area contributed by atoms with Gasteiger partial charge in [-0.25, -0.2) is 0 Å². The first kappa shape index (κ1) is 14.5. The van der Waals surface area contributed by atoms with Gasteiger partial charge in [0, 0.05) is 38.5 Å². The summed E-state index contributed by atoms with van der Waals surface area (Å²) in [5.41, 5.74) is 5.30. The van der Waals surface area contributed by atoms with Gasteiger partial charge >= 0.3 is 0 Å². The number of rotatable bonds is 3. The Balaban J connectivity index is 1.73. The number of amides is 1. The largest absolute Gasteiger partial charge is 0.369 e. The molecule has 1 saturated heterocycles. The Labute approximate surface area is 125 Å². The Morgan fingerprint density at radius 3 is 2.90 bits per heavy atom. The van der Waals surface area contributed by atoms with Crippen LogP contribution in [0.15, 0.2) is 0 Å². The van der Waals surface area contributed by atoms with Crippen molar-refractivity contribution in [1.82, 2.24) is 24.6 Å². The first-order valence-corrected chi connectivity index (χ1v) is 7.74. The summed E-state index contributed by atoms with van der Waals surface area (Å²) in [5.74, 6) is 2.39. The second-order valence-electron chi connectivity index (χ2n) is 6.22. The van der Waals surface area contributed by atoms with Gasteiger partial charge in [0.25, 0.3) is 0 Å². The molecule has 0 aromatic carbocycles. The molecule has 1 fully saturated rings. The predicted molar refractivity (Wildman–Crippen MR) is 78.8 cm³/mol. The Morgan fingerprint density at radius 2 is 2.14 bits per heavy atom. The number of carbonyl (C=O) groups excluding carboxylic acids is 1. The van der Waals surface area contributed by atoms with Crippen LogP contribution in [0.25, 0.3) is 0 Å². The van der Waals surface area contributed by atoms with E-state index in [9.17, 15) is 4.79 Å². The Bertz CT molecular complexity index is 514. The molecule has 0 aliphatic carbocycles. The fourth-order valence-electron chi connectivity index (χ4n) is 3.45. The van der Waals surface area contributed by atoms with E-state index in [0.717, 1.165) is 44.2 Å². The number of fused-ring (bicyclic) bond motifs is 1. The van der Waals surface area contributed by atoms with E-state index in [1.165, 1.54) is 19.4 Å². The van der Waals surface area contributed by atoms with Gasteiger partial charge in [-0.1, -0.05) is 0 Å². The van der Waals surface area contributed by atoms with E-state index in [1.54, 1.807) is 0 Å². The Kier molecular flexibility index (Phi) is 4.21. The molecule has 3 heterocycles. The van der Waals surface area contributed by atoms with Gasteiger partial charge in [0.15, 0.2) is 0 Å². The maximum Gasteiger partial charge on any atom is 0.231 e. The first-order valence-electron chi connectivity index (χ1n) is 7.74. The Morgan fingerprint density at radius 1 is 1.29 bits per heavy atom. The summed E-state index contributed by atoms with van der Waals surface area (Å²) in [6.45, 7) is 5.08. The van der Waals surface area contributed by atoms with Crippen LogP contribution >= 0.6 is 0 Å². The van der Waals surface area contributed by atoms with E-state index < -0.39 is 0 Å². The van der Waals surface area contributed by atoms with Gasteiger partial charge in [-0.05, 0) is 26.4 Å². The molecule has 1 amide bonds. The van der Waals surface area contributed by atoms with Crippen molar-refractivity contribution in [3.63, 3.8) is 0 Å². The van der Waals surface area contributed by atoms with Gasteiger partial charge < -0.3 is 15.2 Å². The number of carbonyl (C=O) groups is 1. The topological polar surface area (TPSA) is 80.3 Å². The minimum absolute atomic E-state index is 0.262. The molecule has 116 valence electrons. The van der Waals surface area contributed by atoms with Crippen LogP contribution in [0.1, 0.15) is 30.4 Å². The highest BCUT2D eigenvalue weighted by Crippen LogP contribution is 2.26.